The summed E-state index contributed by atoms with van der Waals surface area (Å²) < 4.78 is 0. The number of hydrogen-bond donors (Lipinski definition) is 2. The van der Waals surface area contributed by atoms with Crippen molar-refractivity contribution >= 4 is 28.5 Å². The zero-order valence-corrected chi connectivity index (χ0v) is 11.4. The Bertz CT molecular complexity index is 642. The first-order chi connectivity index (χ1) is 9.35. The van der Waals surface area contributed by atoms with Crippen molar-refractivity contribution < 1.29 is 0 Å². The normalized spacial score (nSPS) is 10.8. The van der Waals surface area contributed by atoms with Crippen molar-refractivity contribution in [1.29, 1.82) is 0 Å². The average Bonchev–Trinajstić information content (AvgIpc) is 2.88. The van der Waals surface area contributed by atoms with E-state index in [4.69, 9.17) is 0 Å². The molecule has 96 valence electrons. The maximum atomic E-state index is 4.36. The maximum absolute atomic E-state index is 4.36. The third-order valence-electron chi connectivity index (χ3n) is 2.84. The fraction of sp³-hybridized carbons (Fsp3) is 0.143. The smallest absolute Gasteiger partial charge is 0.144 e. The number of thioether (sulfide) groups is 1. The molecule has 0 amide bonds. The second-order valence-electron chi connectivity index (χ2n) is 4.15. The van der Waals surface area contributed by atoms with Crippen molar-refractivity contribution in [3.8, 4) is 0 Å². The fourth-order valence-electron chi connectivity index (χ4n) is 1.83. The Balaban J connectivity index is 1.70. The van der Waals surface area contributed by atoms with Gasteiger partial charge in [0.15, 0.2) is 0 Å². The highest BCUT2D eigenvalue weighted by atomic mass is 32.2. The highest BCUT2D eigenvalue weighted by Gasteiger charge is 2.02. The molecule has 0 saturated carbocycles. The van der Waals surface area contributed by atoms with Crippen molar-refractivity contribution in [2.75, 3.05) is 12.4 Å². The van der Waals surface area contributed by atoms with Crippen LogP contribution in [0.15, 0.2) is 47.8 Å². The number of benzene rings is 1. The van der Waals surface area contributed by atoms with Crippen LogP contribution in [0.3, 0.4) is 0 Å². The lowest BCUT2D eigenvalue weighted by atomic mass is 10.3. The number of aromatic amines is 1. The molecule has 5 heteroatoms. The van der Waals surface area contributed by atoms with E-state index in [1.807, 2.05) is 25.4 Å². The van der Waals surface area contributed by atoms with Gasteiger partial charge in [0.2, 0.25) is 0 Å². The van der Waals surface area contributed by atoms with E-state index in [1.54, 1.807) is 18.0 Å². The van der Waals surface area contributed by atoms with E-state index in [9.17, 15) is 0 Å². The second-order valence-corrected chi connectivity index (χ2v) is 5.17. The molecule has 2 N–H and O–H groups in total. The highest BCUT2D eigenvalue weighted by molar-refractivity contribution is 7.98. The molecule has 0 bridgehead atoms. The Labute approximate surface area is 115 Å². The number of H-pyrrole nitrogens is 1. The molecule has 0 aliphatic rings. The van der Waals surface area contributed by atoms with E-state index < -0.39 is 0 Å². The van der Waals surface area contributed by atoms with Crippen molar-refractivity contribution in [3.63, 3.8) is 0 Å². The van der Waals surface area contributed by atoms with Crippen molar-refractivity contribution in [2.24, 2.45) is 0 Å². The van der Waals surface area contributed by atoms with Crippen LogP contribution in [0.1, 0.15) is 5.69 Å². The lowest BCUT2D eigenvalue weighted by molar-refractivity contribution is 1.09. The summed E-state index contributed by atoms with van der Waals surface area (Å²) >= 11 is 1.73. The Morgan fingerprint density at radius 2 is 2.11 bits per heavy atom. The first-order valence-corrected chi connectivity index (χ1v) is 7.03. The van der Waals surface area contributed by atoms with Gasteiger partial charge in [-0.25, -0.2) is 4.98 Å². The standard InChI is InChI=1S/C14H14N4S/c1-15-13-8-16-11(7-17-13)9-19-14-6-10-4-2-3-5-12(10)18-14/h2-8,18H,9H2,1H3,(H,15,17). The van der Waals surface area contributed by atoms with Crippen LogP contribution in [0.5, 0.6) is 0 Å². The van der Waals surface area contributed by atoms with Gasteiger partial charge < -0.3 is 10.3 Å². The van der Waals surface area contributed by atoms with Crippen LogP contribution in [0.2, 0.25) is 0 Å². The highest BCUT2D eigenvalue weighted by Crippen LogP contribution is 2.25. The van der Waals surface area contributed by atoms with E-state index in [1.165, 1.54) is 10.9 Å². The SMILES string of the molecule is CNc1cnc(CSc2cc3ccccc3[nH]2)cn1. The predicted molar refractivity (Wildman–Crippen MR) is 79.4 cm³/mol. The van der Waals surface area contributed by atoms with Crippen molar-refractivity contribution in [3.05, 3.63) is 48.4 Å². The molecule has 0 fully saturated rings. The van der Waals surface area contributed by atoms with Crippen LogP contribution in [0, 0.1) is 0 Å². The van der Waals surface area contributed by atoms with Gasteiger partial charge in [0.1, 0.15) is 5.82 Å². The molecule has 0 spiro atoms. The van der Waals surface area contributed by atoms with Gasteiger partial charge in [-0.1, -0.05) is 18.2 Å². The monoisotopic (exact) mass is 270 g/mol. The number of fused-ring (bicyclic) bond motifs is 1. The quantitative estimate of drug-likeness (QED) is 0.714. The molecule has 2 heterocycles. The number of para-hydroxylation sites is 1. The van der Waals surface area contributed by atoms with Crippen LogP contribution < -0.4 is 5.32 Å². The first-order valence-electron chi connectivity index (χ1n) is 6.04. The molecule has 0 radical (unpaired) electrons. The Kier molecular flexibility index (Phi) is 3.37. The van der Waals surface area contributed by atoms with Gasteiger partial charge in [-0.05, 0) is 12.1 Å². The van der Waals surface area contributed by atoms with Gasteiger partial charge in [0.25, 0.3) is 0 Å². The van der Waals surface area contributed by atoms with Crippen LogP contribution in [-0.4, -0.2) is 22.0 Å². The fourth-order valence-corrected chi connectivity index (χ4v) is 2.68. The van der Waals surface area contributed by atoms with Gasteiger partial charge >= 0.3 is 0 Å². The summed E-state index contributed by atoms with van der Waals surface area (Å²) in [6, 6.07) is 10.4. The van der Waals surface area contributed by atoms with Gasteiger partial charge in [0.05, 0.1) is 23.1 Å². The van der Waals surface area contributed by atoms with E-state index >= 15 is 0 Å². The maximum Gasteiger partial charge on any atom is 0.144 e. The van der Waals surface area contributed by atoms with E-state index in [0.29, 0.717) is 0 Å². The minimum absolute atomic E-state index is 0.791. The lowest BCUT2D eigenvalue weighted by Gasteiger charge is -2.01. The summed E-state index contributed by atoms with van der Waals surface area (Å²) in [5, 5.41) is 5.35. The number of anilines is 1. The summed E-state index contributed by atoms with van der Waals surface area (Å²) in [4.78, 5) is 12.0. The number of nitrogens with zero attached hydrogens (tertiary/aromatic N) is 2. The lowest BCUT2D eigenvalue weighted by Crippen LogP contribution is -1.95. The molecular formula is C14H14N4S. The molecule has 2 aromatic heterocycles. The molecule has 0 saturated heterocycles. The first kappa shape index (κ1) is 12.0. The molecule has 19 heavy (non-hydrogen) atoms. The number of hydrogen-bond acceptors (Lipinski definition) is 4. The molecule has 0 aliphatic carbocycles. The van der Waals surface area contributed by atoms with Crippen LogP contribution in [-0.2, 0) is 5.75 Å². The molecule has 0 aliphatic heterocycles. The van der Waals surface area contributed by atoms with Gasteiger partial charge in [-0.15, -0.1) is 11.8 Å². The molecule has 0 unspecified atom stereocenters. The summed E-state index contributed by atoms with van der Waals surface area (Å²) in [6.07, 6.45) is 3.56. The van der Waals surface area contributed by atoms with E-state index in [2.05, 4.69) is 38.5 Å². The molecule has 0 atom stereocenters. The van der Waals surface area contributed by atoms with Gasteiger partial charge in [-0.3, -0.25) is 4.98 Å². The van der Waals surface area contributed by atoms with Crippen LogP contribution in [0.4, 0.5) is 5.82 Å². The third kappa shape index (κ3) is 2.71. The molecular weight excluding hydrogens is 256 g/mol. The topological polar surface area (TPSA) is 53.6 Å². The minimum atomic E-state index is 0.791. The Hall–Kier alpha value is -2.01. The number of nitrogens with one attached hydrogen (secondary N) is 2. The Morgan fingerprint density at radius 1 is 1.21 bits per heavy atom. The van der Waals surface area contributed by atoms with Gasteiger partial charge in [-0.2, -0.15) is 0 Å². The van der Waals surface area contributed by atoms with E-state index in [0.717, 1.165) is 22.3 Å². The third-order valence-corrected chi connectivity index (χ3v) is 3.81. The number of aromatic nitrogens is 3. The summed E-state index contributed by atoms with van der Waals surface area (Å²) in [6.45, 7) is 0. The molecule has 4 nitrogen and oxygen atoms in total. The van der Waals surface area contributed by atoms with Crippen molar-refractivity contribution in [2.45, 2.75) is 10.8 Å². The van der Waals surface area contributed by atoms with Crippen LogP contribution in [0.25, 0.3) is 10.9 Å². The predicted octanol–water partition coefficient (Wildman–Crippen LogP) is 3.29. The molecule has 1 aromatic carbocycles. The summed E-state index contributed by atoms with van der Waals surface area (Å²) in [5.74, 6) is 1.60. The average molecular weight is 270 g/mol. The second kappa shape index (κ2) is 5.32. The zero-order chi connectivity index (χ0) is 13.1. The number of rotatable bonds is 4. The summed E-state index contributed by atoms with van der Waals surface area (Å²) in [7, 11) is 1.84. The van der Waals surface area contributed by atoms with Gasteiger partial charge in [0, 0.05) is 23.7 Å². The van der Waals surface area contributed by atoms with Crippen LogP contribution >= 0.6 is 11.8 Å². The minimum Gasteiger partial charge on any atom is -0.372 e. The van der Waals surface area contributed by atoms with E-state index in [-0.39, 0.29) is 0 Å². The summed E-state index contributed by atoms with van der Waals surface area (Å²) in [5.41, 5.74) is 2.14. The molecule has 3 aromatic rings. The Morgan fingerprint density at radius 3 is 2.84 bits per heavy atom. The molecule has 3 rings (SSSR count). The zero-order valence-electron chi connectivity index (χ0n) is 10.6. The largest absolute Gasteiger partial charge is 0.372 e. The van der Waals surface area contributed by atoms with Crippen molar-refractivity contribution in [1.82, 2.24) is 15.0 Å².